The third kappa shape index (κ3) is 3.94. The van der Waals surface area contributed by atoms with Crippen molar-refractivity contribution in [1.29, 1.82) is 0 Å². The van der Waals surface area contributed by atoms with E-state index in [4.69, 9.17) is 4.42 Å². The van der Waals surface area contributed by atoms with E-state index >= 15 is 0 Å². The van der Waals surface area contributed by atoms with Crippen molar-refractivity contribution >= 4 is 6.03 Å². The van der Waals surface area contributed by atoms with Crippen molar-refractivity contribution in [3.8, 4) is 11.6 Å². The minimum Gasteiger partial charge on any atom is -0.461 e. The molecule has 0 bridgehead atoms. The third-order valence-electron chi connectivity index (χ3n) is 4.43. The Labute approximate surface area is 155 Å². The monoisotopic (exact) mass is 367 g/mol. The number of amides is 2. The molecule has 0 radical (unpaired) electrons. The number of carbonyl (C=O) groups is 1. The van der Waals surface area contributed by atoms with E-state index in [2.05, 4.69) is 15.7 Å². The van der Waals surface area contributed by atoms with Crippen LogP contribution in [0.4, 0.5) is 4.79 Å². The van der Waals surface area contributed by atoms with E-state index in [1.807, 2.05) is 30.3 Å². The van der Waals surface area contributed by atoms with Crippen LogP contribution in [0, 0.1) is 0 Å². The minimum atomic E-state index is -0.278. The predicted molar refractivity (Wildman–Crippen MR) is 99.1 cm³/mol. The van der Waals surface area contributed by atoms with Crippen molar-refractivity contribution in [3.05, 3.63) is 64.8 Å². The lowest BCUT2D eigenvalue weighted by molar-refractivity contribution is 0.240. The summed E-state index contributed by atoms with van der Waals surface area (Å²) in [5.74, 6) is 1.12. The molecule has 0 unspecified atom stereocenters. The first kappa shape index (κ1) is 17.1. The van der Waals surface area contributed by atoms with Crippen molar-refractivity contribution in [3.63, 3.8) is 0 Å². The van der Waals surface area contributed by atoms with E-state index in [0.29, 0.717) is 31.2 Å². The number of hydrogen-bond donors (Lipinski definition) is 2. The molecule has 0 saturated heterocycles. The highest BCUT2D eigenvalue weighted by Crippen LogP contribution is 2.36. The smallest absolute Gasteiger partial charge is 0.346 e. The zero-order valence-electron chi connectivity index (χ0n) is 14.8. The van der Waals surface area contributed by atoms with Crippen molar-refractivity contribution in [1.82, 2.24) is 25.0 Å². The topological polar surface area (TPSA) is 94.1 Å². The zero-order chi connectivity index (χ0) is 18.6. The molecule has 140 valence electrons. The van der Waals surface area contributed by atoms with Gasteiger partial charge in [0.05, 0.1) is 12.8 Å². The largest absolute Gasteiger partial charge is 0.461 e. The van der Waals surface area contributed by atoms with Gasteiger partial charge < -0.3 is 15.1 Å². The van der Waals surface area contributed by atoms with Crippen LogP contribution in [0.1, 0.15) is 24.4 Å². The fourth-order valence-corrected chi connectivity index (χ4v) is 2.92. The van der Waals surface area contributed by atoms with Crippen LogP contribution in [0.2, 0.25) is 0 Å². The molecule has 2 heterocycles. The molecule has 2 N–H and O–H groups in total. The molecule has 0 aliphatic heterocycles. The highest BCUT2D eigenvalue weighted by molar-refractivity contribution is 5.73. The van der Waals surface area contributed by atoms with Gasteiger partial charge >= 0.3 is 11.7 Å². The Bertz CT molecular complexity index is 955. The van der Waals surface area contributed by atoms with E-state index in [1.165, 1.54) is 4.68 Å². The molecule has 27 heavy (non-hydrogen) atoms. The Morgan fingerprint density at radius 1 is 1.15 bits per heavy atom. The van der Waals surface area contributed by atoms with Gasteiger partial charge in [0.25, 0.3) is 0 Å². The van der Waals surface area contributed by atoms with E-state index in [9.17, 15) is 9.59 Å². The molecule has 3 aromatic rings. The van der Waals surface area contributed by atoms with Crippen LogP contribution in [0.25, 0.3) is 11.6 Å². The first-order chi connectivity index (χ1) is 13.2. The number of furan rings is 1. The summed E-state index contributed by atoms with van der Waals surface area (Å²) >= 11 is 0. The molecular weight excluding hydrogens is 346 g/mol. The van der Waals surface area contributed by atoms with Crippen LogP contribution in [-0.2, 0) is 13.1 Å². The van der Waals surface area contributed by atoms with Crippen LogP contribution in [0.15, 0.2) is 57.9 Å². The maximum absolute atomic E-state index is 12.6. The maximum atomic E-state index is 12.6. The van der Waals surface area contributed by atoms with Gasteiger partial charge in [0.15, 0.2) is 5.76 Å². The van der Waals surface area contributed by atoms with E-state index in [1.54, 1.807) is 23.0 Å². The second kappa shape index (κ2) is 7.53. The fourth-order valence-electron chi connectivity index (χ4n) is 2.92. The van der Waals surface area contributed by atoms with Gasteiger partial charge in [0.2, 0.25) is 5.82 Å². The van der Waals surface area contributed by atoms with Gasteiger partial charge in [-0.25, -0.2) is 14.3 Å². The van der Waals surface area contributed by atoms with Crippen LogP contribution < -0.4 is 16.3 Å². The van der Waals surface area contributed by atoms with Gasteiger partial charge in [-0.05, 0) is 30.5 Å². The van der Waals surface area contributed by atoms with Gasteiger partial charge in [-0.1, -0.05) is 30.3 Å². The van der Waals surface area contributed by atoms with Crippen molar-refractivity contribution in [2.24, 2.45) is 0 Å². The van der Waals surface area contributed by atoms with Crippen molar-refractivity contribution < 1.29 is 9.21 Å². The molecule has 0 spiro atoms. The quantitative estimate of drug-likeness (QED) is 0.669. The summed E-state index contributed by atoms with van der Waals surface area (Å²) in [6.07, 6.45) is 3.51. The number of nitrogens with one attached hydrogen (secondary N) is 2. The fraction of sp³-hybridized carbons (Fsp3) is 0.316. The van der Waals surface area contributed by atoms with Crippen molar-refractivity contribution in [2.75, 3.05) is 6.54 Å². The first-order valence-electron chi connectivity index (χ1n) is 9.01. The normalized spacial score (nSPS) is 13.5. The van der Waals surface area contributed by atoms with Crippen molar-refractivity contribution in [2.45, 2.75) is 32.0 Å². The van der Waals surface area contributed by atoms with E-state index in [-0.39, 0.29) is 17.8 Å². The summed E-state index contributed by atoms with van der Waals surface area (Å²) in [6.45, 7) is 1.05. The summed E-state index contributed by atoms with van der Waals surface area (Å²) in [5.41, 5.74) is 0.852. The Morgan fingerprint density at radius 3 is 2.67 bits per heavy atom. The summed E-state index contributed by atoms with van der Waals surface area (Å²) in [6, 6.07) is 13.1. The molecule has 1 aliphatic rings. The van der Waals surface area contributed by atoms with Gasteiger partial charge in [-0.15, -0.1) is 5.10 Å². The van der Waals surface area contributed by atoms with Gasteiger partial charge in [0.1, 0.15) is 0 Å². The molecule has 1 aromatic carbocycles. The summed E-state index contributed by atoms with van der Waals surface area (Å²) in [4.78, 5) is 24.6. The molecule has 8 heteroatoms. The molecule has 4 rings (SSSR count). The first-order valence-corrected chi connectivity index (χ1v) is 9.01. The SMILES string of the molecule is O=C(NCCn1nc(-c2ccco2)n(C2CC2)c1=O)NCc1ccccc1. The molecule has 2 aromatic heterocycles. The second-order valence-electron chi connectivity index (χ2n) is 6.50. The summed E-state index contributed by atoms with van der Waals surface area (Å²) in [7, 11) is 0. The highest BCUT2D eigenvalue weighted by atomic mass is 16.3. The number of rotatable bonds is 7. The average molecular weight is 367 g/mol. The van der Waals surface area contributed by atoms with Crippen LogP contribution >= 0.6 is 0 Å². The third-order valence-corrected chi connectivity index (χ3v) is 4.43. The van der Waals surface area contributed by atoms with Gasteiger partial charge in [-0.2, -0.15) is 0 Å². The summed E-state index contributed by atoms with van der Waals surface area (Å²) in [5, 5.41) is 9.95. The standard InChI is InChI=1S/C19H21N5O3/c25-18(21-13-14-5-2-1-3-6-14)20-10-11-23-19(26)24(15-8-9-15)17(22-23)16-7-4-12-27-16/h1-7,12,15H,8-11,13H2,(H2,20,21,25). The predicted octanol–water partition coefficient (Wildman–Crippen LogP) is 2.14. The minimum absolute atomic E-state index is 0.171. The molecule has 1 fully saturated rings. The molecular formula is C19H21N5O3. The lowest BCUT2D eigenvalue weighted by atomic mass is 10.2. The lowest BCUT2D eigenvalue weighted by Crippen LogP contribution is -2.38. The number of benzene rings is 1. The maximum Gasteiger partial charge on any atom is 0.346 e. The number of aromatic nitrogens is 3. The number of hydrogen-bond acceptors (Lipinski definition) is 4. The lowest BCUT2D eigenvalue weighted by Gasteiger charge is -2.07. The van der Waals surface area contributed by atoms with Crippen LogP contribution in [-0.4, -0.2) is 26.9 Å². The molecule has 1 saturated carbocycles. The Kier molecular flexibility index (Phi) is 4.78. The molecule has 1 aliphatic carbocycles. The molecule has 0 atom stereocenters. The van der Waals surface area contributed by atoms with Crippen LogP contribution in [0.3, 0.4) is 0 Å². The molecule has 2 amide bonds. The number of urea groups is 1. The number of carbonyl (C=O) groups excluding carboxylic acids is 1. The number of nitrogens with zero attached hydrogens (tertiary/aromatic N) is 3. The molecule has 8 nitrogen and oxygen atoms in total. The average Bonchev–Trinajstić information content (AvgIpc) is 3.26. The van der Waals surface area contributed by atoms with Crippen LogP contribution in [0.5, 0.6) is 0 Å². The van der Waals surface area contributed by atoms with Gasteiger partial charge in [-0.3, -0.25) is 4.57 Å². The Balaban J connectivity index is 1.35. The Hall–Kier alpha value is -3.29. The highest BCUT2D eigenvalue weighted by Gasteiger charge is 2.31. The van der Waals surface area contributed by atoms with E-state index < -0.39 is 0 Å². The van der Waals surface area contributed by atoms with E-state index in [0.717, 1.165) is 18.4 Å². The second-order valence-corrected chi connectivity index (χ2v) is 6.50. The Morgan fingerprint density at radius 2 is 1.96 bits per heavy atom. The summed E-state index contributed by atoms with van der Waals surface area (Å²) < 4.78 is 8.48. The van der Waals surface area contributed by atoms with Gasteiger partial charge in [0, 0.05) is 19.1 Å². The zero-order valence-corrected chi connectivity index (χ0v) is 14.8.